The average Bonchev–Trinajstić information content (AvgIpc) is 2.03. The molecule has 0 aromatic heterocycles. The van der Waals surface area contributed by atoms with Gasteiger partial charge in [-0.2, -0.15) is 0 Å². The molecular weight excluding hydrogens is 172 g/mol. The number of hydrogen-bond acceptors (Lipinski definition) is 1. The molecule has 0 atom stereocenters. The van der Waals surface area contributed by atoms with Gasteiger partial charge in [0.25, 0.3) is 0 Å². The van der Waals surface area contributed by atoms with Gasteiger partial charge in [0, 0.05) is 5.41 Å². The lowest BCUT2D eigenvalue weighted by atomic mass is 9.79. The van der Waals surface area contributed by atoms with Gasteiger partial charge in [0.15, 0.2) is 0 Å². The van der Waals surface area contributed by atoms with E-state index in [-0.39, 0.29) is 11.0 Å². The molecule has 0 heterocycles. The summed E-state index contributed by atoms with van der Waals surface area (Å²) in [6.07, 6.45) is 0. The monoisotopic (exact) mass is 192 g/mol. The summed E-state index contributed by atoms with van der Waals surface area (Å²) in [6.45, 7) is 10.8. The average molecular weight is 192 g/mol. The van der Waals surface area contributed by atoms with Crippen LogP contribution in [0.25, 0.3) is 0 Å². The second kappa shape index (κ2) is 3.64. The smallest absolute Gasteiger partial charge is 0.120 e. The molecule has 0 saturated carbocycles. The molecule has 78 valence electrons. The van der Waals surface area contributed by atoms with E-state index >= 15 is 0 Å². The molecule has 0 aliphatic rings. The minimum atomic E-state index is -0.158. The summed E-state index contributed by atoms with van der Waals surface area (Å²) in [5.41, 5.74) is -0.0306. The second-order valence-corrected chi connectivity index (χ2v) is 5.18. The first-order valence-corrected chi connectivity index (χ1v) is 5.07. The highest BCUT2D eigenvalue weighted by Gasteiger charge is 2.34. The Morgan fingerprint density at radius 2 is 1.36 bits per heavy atom. The number of para-hydroxylation sites is 1. The molecule has 1 aromatic carbocycles. The number of rotatable bonds is 2. The maximum atomic E-state index is 5.97. The van der Waals surface area contributed by atoms with Crippen LogP contribution in [0.5, 0.6) is 5.75 Å². The standard InChI is InChI=1S/C13H20O/c1-12(2,3)13(4,5)14-11-9-7-6-8-10-11/h6-10H,1-5H3. The van der Waals surface area contributed by atoms with Crippen LogP contribution >= 0.6 is 0 Å². The van der Waals surface area contributed by atoms with Gasteiger partial charge < -0.3 is 4.74 Å². The topological polar surface area (TPSA) is 9.23 Å². The van der Waals surface area contributed by atoms with Gasteiger partial charge in [0.2, 0.25) is 0 Å². The summed E-state index contributed by atoms with van der Waals surface area (Å²) in [5.74, 6) is 0.937. The van der Waals surface area contributed by atoms with Crippen molar-refractivity contribution in [3.63, 3.8) is 0 Å². The van der Waals surface area contributed by atoms with Gasteiger partial charge in [0.1, 0.15) is 11.4 Å². The van der Waals surface area contributed by atoms with Crippen molar-refractivity contribution < 1.29 is 4.74 Å². The van der Waals surface area contributed by atoms with Crippen LogP contribution in [-0.2, 0) is 0 Å². The van der Waals surface area contributed by atoms with Crippen molar-refractivity contribution >= 4 is 0 Å². The third kappa shape index (κ3) is 2.50. The van der Waals surface area contributed by atoms with Crippen LogP contribution in [0.4, 0.5) is 0 Å². The number of ether oxygens (including phenoxy) is 1. The normalized spacial score (nSPS) is 12.6. The summed E-state index contributed by atoms with van der Waals surface area (Å²) < 4.78 is 5.97. The zero-order chi connectivity index (χ0) is 10.8. The SMILES string of the molecule is CC(C)(C)C(C)(C)Oc1ccccc1. The van der Waals surface area contributed by atoms with E-state index in [1.54, 1.807) is 0 Å². The molecule has 0 spiro atoms. The van der Waals surface area contributed by atoms with Crippen molar-refractivity contribution in [3.05, 3.63) is 30.3 Å². The zero-order valence-corrected chi connectivity index (χ0v) is 9.79. The van der Waals surface area contributed by atoms with Gasteiger partial charge >= 0.3 is 0 Å². The van der Waals surface area contributed by atoms with E-state index < -0.39 is 0 Å². The quantitative estimate of drug-likeness (QED) is 0.690. The summed E-state index contributed by atoms with van der Waals surface area (Å²) in [5, 5.41) is 0. The number of hydrogen-bond donors (Lipinski definition) is 0. The fourth-order valence-electron chi connectivity index (χ4n) is 0.936. The van der Waals surface area contributed by atoms with E-state index in [1.165, 1.54) is 0 Å². The third-order valence-electron chi connectivity index (χ3n) is 2.92. The van der Waals surface area contributed by atoms with Gasteiger partial charge in [-0.25, -0.2) is 0 Å². The molecule has 0 aliphatic carbocycles. The highest BCUT2D eigenvalue weighted by molar-refractivity contribution is 5.22. The van der Waals surface area contributed by atoms with Crippen molar-refractivity contribution in [2.75, 3.05) is 0 Å². The first-order valence-electron chi connectivity index (χ1n) is 5.07. The first-order chi connectivity index (χ1) is 6.33. The third-order valence-corrected chi connectivity index (χ3v) is 2.92. The van der Waals surface area contributed by atoms with Crippen LogP contribution in [0.2, 0.25) is 0 Å². The maximum absolute atomic E-state index is 5.97. The molecule has 0 N–H and O–H groups in total. The molecule has 1 nitrogen and oxygen atoms in total. The van der Waals surface area contributed by atoms with Gasteiger partial charge in [-0.3, -0.25) is 0 Å². The second-order valence-electron chi connectivity index (χ2n) is 5.18. The Labute approximate surface area is 87.1 Å². The molecule has 0 aliphatic heterocycles. The van der Waals surface area contributed by atoms with E-state index in [2.05, 4.69) is 34.6 Å². The summed E-state index contributed by atoms with van der Waals surface area (Å²) in [7, 11) is 0. The fraction of sp³-hybridized carbons (Fsp3) is 0.538. The molecule has 14 heavy (non-hydrogen) atoms. The Kier molecular flexibility index (Phi) is 2.89. The van der Waals surface area contributed by atoms with Crippen molar-refractivity contribution in [3.8, 4) is 5.75 Å². The van der Waals surface area contributed by atoms with Crippen LogP contribution in [0.3, 0.4) is 0 Å². The summed E-state index contributed by atoms with van der Waals surface area (Å²) in [6, 6.07) is 9.97. The van der Waals surface area contributed by atoms with Crippen molar-refractivity contribution in [2.24, 2.45) is 5.41 Å². The first kappa shape index (κ1) is 11.1. The highest BCUT2D eigenvalue weighted by atomic mass is 16.5. The number of benzene rings is 1. The maximum Gasteiger partial charge on any atom is 0.120 e. The van der Waals surface area contributed by atoms with Crippen LogP contribution in [-0.4, -0.2) is 5.60 Å². The molecule has 0 saturated heterocycles. The molecule has 0 radical (unpaired) electrons. The molecule has 0 unspecified atom stereocenters. The van der Waals surface area contributed by atoms with E-state index in [4.69, 9.17) is 4.74 Å². The molecule has 1 rings (SSSR count). The lowest BCUT2D eigenvalue weighted by Gasteiger charge is -2.38. The molecule has 0 amide bonds. The Morgan fingerprint density at radius 1 is 0.857 bits per heavy atom. The minimum absolute atomic E-state index is 0.128. The van der Waals surface area contributed by atoms with E-state index in [9.17, 15) is 0 Å². The van der Waals surface area contributed by atoms with Gasteiger partial charge in [-0.05, 0) is 26.0 Å². The molecule has 1 heteroatoms. The van der Waals surface area contributed by atoms with Crippen LogP contribution in [0, 0.1) is 5.41 Å². The predicted octanol–water partition coefficient (Wildman–Crippen LogP) is 3.89. The van der Waals surface area contributed by atoms with Gasteiger partial charge in [0.05, 0.1) is 0 Å². The van der Waals surface area contributed by atoms with Gasteiger partial charge in [-0.1, -0.05) is 39.0 Å². The van der Waals surface area contributed by atoms with E-state index in [1.807, 2.05) is 30.3 Å². The van der Waals surface area contributed by atoms with Crippen LogP contribution in [0.15, 0.2) is 30.3 Å². The van der Waals surface area contributed by atoms with Crippen molar-refractivity contribution in [1.82, 2.24) is 0 Å². The lowest BCUT2D eigenvalue weighted by molar-refractivity contribution is 0.000814. The molecule has 0 fully saturated rings. The van der Waals surface area contributed by atoms with Crippen molar-refractivity contribution in [2.45, 2.75) is 40.2 Å². The van der Waals surface area contributed by atoms with Crippen LogP contribution in [0.1, 0.15) is 34.6 Å². The predicted molar refractivity (Wildman–Crippen MR) is 60.6 cm³/mol. The summed E-state index contributed by atoms with van der Waals surface area (Å²) in [4.78, 5) is 0. The molecule has 1 aromatic rings. The largest absolute Gasteiger partial charge is 0.487 e. The summed E-state index contributed by atoms with van der Waals surface area (Å²) >= 11 is 0. The Balaban J connectivity index is 2.79. The Morgan fingerprint density at radius 3 is 1.79 bits per heavy atom. The highest BCUT2D eigenvalue weighted by Crippen LogP contribution is 2.33. The minimum Gasteiger partial charge on any atom is -0.487 e. The van der Waals surface area contributed by atoms with Gasteiger partial charge in [-0.15, -0.1) is 0 Å². The zero-order valence-electron chi connectivity index (χ0n) is 9.79. The van der Waals surface area contributed by atoms with E-state index in [0.717, 1.165) is 5.75 Å². The molecule has 0 bridgehead atoms. The van der Waals surface area contributed by atoms with Crippen molar-refractivity contribution in [1.29, 1.82) is 0 Å². The fourth-order valence-corrected chi connectivity index (χ4v) is 0.936. The molecular formula is C13H20O. The van der Waals surface area contributed by atoms with Crippen LogP contribution < -0.4 is 4.74 Å². The lowest BCUT2D eigenvalue weighted by Crippen LogP contribution is -2.42. The Hall–Kier alpha value is -0.980. The Bertz CT molecular complexity index is 280. The van der Waals surface area contributed by atoms with E-state index in [0.29, 0.717) is 0 Å².